The molecule has 1 heterocycles. The Morgan fingerprint density at radius 3 is 2.42 bits per heavy atom. The Balaban J connectivity index is 2.17. The molecule has 33 heavy (non-hydrogen) atoms. The second-order valence-corrected chi connectivity index (χ2v) is 8.15. The van der Waals surface area contributed by atoms with Crippen LogP contribution in [0.1, 0.15) is 50.8 Å². The Morgan fingerprint density at radius 1 is 1.06 bits per heavy atom. The molecule has 1 aliphatic rings. The van der Waals surface area contributed by atoms with Crippen LogP contribution in [0.4, 0.5) is 0 Å². The van der Waals surface area contributed by atoms with E-state index in [1.807, 2.05) is 20.8 Å². The van der Waals surface area contributed by atoms with Gasteiger partial charge in [0.05, 0.1) is 31.9 Å². The summed E-state index contributed by atoms with van der Waals surface area (Å²) in [4.78, 5) is 27.6. The lowest BCUT2D eigenvalue weighted by molar-refractivity contribution is -0.139. The lowest BCUT2D eigenvalue weighted by Crippen LogP contribution is -2.30. The van der Waals surface area contributed by atoms with Crippen LogP contribution in [-0.4, -0.2) is 48.6 Å². The van der Waals surface area contributed by atoms with Crippen LogP contribution in [0.5, 0.6) is 17.2 Å². The van der Waals surface area contributed by atoms with Crippen LogP contribution in [0.2, 0.25) is 0 Å². The first-order valence-corrected chi connectivity index (χ1v) is 11.1. The minimum absolute atomic E-state index is 0.0463. The zero-order chi connectivity index (χ0) is 24.1. The number of ketones is 1. The van der Waals surface area contributed by atoms with E-state index in [1.165, 1.54) is 19.1 Å². The predicted octanol–water partition coefficient (Wildman–Crippen LogP) is 4.71. The molecule has 1 aliphatic heterocycles. The number of aliphatic hydroxyl groups excluding tert-OH is 1. The minimum Gasteiger partial charge on any atom is -0.507 e. The molecule has 0 bridgehead atoms. The van der Waals surface area contributed by atoms with Gasteiger partial charge >= 0.3 is 0 Å². The number of amides is 1. The van der Waals surface area contributed by atoms with Crippen LogP contribution in [0.3, 0.4) is 0 Å². The van der Waals surface area contributed by atoms with Gasteiger partial charge in [-0.15, -0.1) is 0 Å². The largest absolute Gasteiger partial charge is 0.507 e. The molecule has 1 unspecified atom stereocenters. The molecule has 0 aromatic heterocycles. The highest BCUT2D eigenvalue weighted by molar-refractivity contribution is 6.46. The molecule has 2 aromatic rings. The van der Waals surface area contributed by atoms with Gasteiger partial charge in [0, 0.05) is 12.1 Å². The number of methoxy groups -OCH3 is 2. The third-order valence-corrected chi connectivity index (χ3v) is 5.50. The first-order valence-electron chi connectivity index (χ1n) is 11.1. The number of Topliss-reactive ketones (excluding diaryl/α,β-unsaturated/α-hetero) is 1. The average Bonchev–Trinajstić information content (AvgIpc) is 3.06. The molecule has 176 valence electrons. The number of carbonyl (C=O) groups excluding carboxylic acids is 2. The molecule has 0 aliphatic carbocycles. The molecule has 0 spiro atoms. The van der Waals surface area contributed by atoms with Gasteiger partial charge in [0.15, 0.2) is 11.5 Å². The number of ether oxygens (including phenoxy) is 3. The molecule has 0 saturated carbocycles. The van der Waals surface area contributed by atoms with E-state index in [2.05, 4.69) is 0 Å². The van der Waals surface area contributed by atoms with Gasteiger partial charge in [-0.25, -0.2) is 0 Å². The third-order valence-electron chi connectivity index (χ3n) is 5.50. The fraction of sp³-hybridized carbons (Fsp3) is 0.385. The second kappa shape index (κ2) is 10.4. The number of nitrogens with zero attached hydrogens (tertiary/aromatic N) is 1. The van der Waals surface area contributed by atoms with Crippen molar-refractivity contribution in [1.82, 2.24) is 4.90 Å². The van der Waals surface area contributed by atoms with Crippen molar-refractivity contribution < 1.29 is 28.9 Å². The van der Waals surface area contributed by atoms with E-state index < -0.39 is 17.7 Å². The zero-order valence-corrected chi connectivity index (χ0v) is 19.8. The summed E-state index contributed by atoms with van der Waals surface area (Å²) in [5.41, 5.74) is 1.11. The Hall–Kier alpha value is -3.48. The van der Waals surface area contributed by atoms with Crippen molar-refractivity contribution in [2.45, 2.75) is 45.8 Å². The third kappa shape index (κ3) is 4.97. The molecule has 1 N–H and O–H groups in total. The highest BCUT2D eigenvalue weighted by atomic mass is 16.5. The van der Waals surface area contributed by atoms with Crippen molar-refractivity contribution in [2.75, 3.05) is 20.8 Å². The standard InChI is InChI=1S/C26H31NO6/c1-6-7-13-27-23(17-11-12-20(31-4)21(15-17)32-5)22(25(29)26(27)30)24(28)18-9-8-10-19(14-18)33-16(2)3/h8-12,14-16,23,28H,6-7,13H2,1-5H3/b24-22-. The maximum absolute atomic E-state index is 13.1. The molecule has 1 saturated heterocycles. The van der Waals surface area contributed by atoms with E-state index >= 15 is 0 Å². The Labute approximate surface area is 194 Å². The fourth-order valence-electron chi connectivity index (χ4n) is 3.95. The van der Waals surface area contributed by atoms with Crippen molar-refractivity contribution in [1.29, 1.82) is 0 Å². The zero-order valence-electron chi connectivity index (χ0n) is 19.8. The van der Waals surface area contributed by atoms with E-state index in [4.69, 9.17) is 14.2 Å². The molecular weight excluding hydrogens is 422 g/mol. The summed E-state index contributed by atoms with van der Waals surface area (Å²) in [5, 5.41) is 11.2. The number of likely N-dealkylation sites (tertiary alicyclic amines) is 1. The van der Waals surface area contributed by atoms with Crippen LogP contribution in [0.25, 0.3) is 5.76 Å². The van der Waals surface area contributed by atoms with E-state index in [0.29, 0.717) is 34.9 Å². The highest BCUT2D eigenvalue weighted by Crippen LogP contribution is 2.42. The molecule has 1 fully saturated rings. The van der Waals surface area contributed by atoms with Crippen LogP contribution < -0.4 is 14.2 Å². The van der Waals surface area contributed by atoms with Crippen molar-refractivity contribution in [3.8, 4) is 17.2 Å². The fourth-order valence-corrected chi connectivity index (χ4v) is 3.95. The van der Waals surface area contributed by atoms with Gasteiger partial charge in [0.25, 0.3) is 11.7 Å². The van der Waals surface area contributed by atoms with Crippen molar-refractivity contribution in [3.63, 3.8) is 0 Å². The lowest BCUT2D eigenvalue weighted by Gasteiger charge is -2.26. The van der Waals surface area contributed by atoms with Gasteiger partial charge in [0.2, 0.25) is 0 Å². The van der Waals surface area contributed by atoms with Gasteiger partial charge in [0.1, 0.15) is 11.5 Å². The van der Waals surface area contributed by atoms with Crippen LogP contribution in [0, 0.1) is 0 Å². The molecule has 1 amide bonds. The van der Waals surface area contributed by atoms with Crippen molar-refractivity contribution >= 4 is 17.4 Å². The average molecular weight is 454 g/mol. The number of aliphatic hydroxyl groups is 1. The smallest absolute Gasteiger partial charge is 0.295 e. The van der Waals surface area contributed by atoms with E-state index in [-0.39, 0.29) is 17.4 Å². The number of carbonyl (C=O) groups is 2. The highest BCUT2D eigenvalue weighted by Gasteiger charge is 2.46. The van der Waals surface area contributed by atoms with E-state index in [0.717, 1.165) is 12.8 Å². The summed E-state index contributed by atoms with van der Waals surface area (Å²) in [5.74, 6) is 0.00455. The monoisotopic (exact) mass is 453 g/mol. The molecule has 0 radical (unpaired) electrons. The van der Waals surface area contributed by atoms with Gasteiger partial charge in [-0.05, 0) is 50.1 Å². The van der Waals surface area contributed by atoms with Crippen LogP contribution in [0.15, 0.2) is 48.0 Å². The first-order chi connectivity index (χ1) is 15.8. The normalized spacial score (nSPS) is 17.5. The molecule has 1 atom stereocenters. The van der Waals surface area contributed by atoms with E-state index in [1.54, 1.807) is 42.5 Å². The summed E-state index contributed by atoms with van der Waals surface area (Å²) in [6.07, 6.45) is 1.54. The summed E-state index contributed by atoms with van der Waals surface area (Å²) in [6.45, 7) is 6.22. The topological polar surface area (TPSA) is 85.3 Å². The quantitative estimate of drug-likeness (QED) is 0.336. The molecule has 2 aromatic carbocycles. The van der Waals surface area contributed by atoms with Crippen LogP contribution >= 0.6 is 0 Å². The molecule has 7 heteroatoms. The van der Waals surface area contributed by atoms with Gasteiger partial charge in [-0.3, -0.25) is 9.59 Å². The Bertz CT molecular complexity index is 1060. The second-order valence-electron chi connectivity index (χ2n) is 8.15. The van der Waals surface area contributed by atoms with Crippen molar-refractivity contribution in [3.05, 3.63) is 59.2 Å². The number of benzene rings is 2. The maximum atomic E-state index is 13.1. The Kier molecular flexibility index (Phi) is 7.63. The summed E-state index contributed by atoms with van der Waals surface area (Å²) in [6, 6.07) is 11.4. The summed E-state index contributed by atoms with van der Waals surface area (Å²) in [7, 11) is 3.06. The SMILES string of the molecule is CCCCN1C(=O)C(=O)/C(=C(\O)c2cccc(OC(C)C)c2)C1c1ccc(OC)c(OC)c1. The molecule has 7 nitrogen and oxygen atoms in total. The number of hydrogen-bond donors (Lipinski definition) is 1. The minimum atomic E-state index is -0.744. The lowest BCUT2D eigenvalue weighted by atomic mass is 9.94. The molecular formula is C26H31NO6. The first kappa shape index (κ1) is 24.2. The van der Waals surface area contributed by atoms with E-state index in [9.17, 15) is 14.7 Å². The number of unbranched alkanes of at least 4 members (excludes halogenated alkanes) is 1. The van der Waals surface area contributed by atoms with Gasteiger partial charge in [-0.2, -0.15) is 0 Å². The molecule has 3 rings (SSSR count). The Morgan fingerprint density at radius 2 is 1.79 bits per heavy atom. The maximum Gasteiger partial charge on any atom is 0.295 e. The van der Waals surface area contributed by atoms with Gasteiger partial charge in [-0.1, -0.05) is 31.5 Å². The number of rotatable bonds is 9. The summed E-state index contributed by atoms with van der Waals surface area (Å²) >= 11 is 0. The summed E-state index contributed by atoms with van der Waals surface area (Å²) < 4.78 is 16.5. The number of hydrogen-bond acceptors (Lipinski definition) is 6. The van der Waals surface area contributed by atoms with Gasteiger partial charge < -0.3 is 24.2 Å². The van der Waals surface area contributed by atoms with Crippen molar-refractivity contribution in [2.24, 2.45) is 0 Å². The predicted molar refractivity (Wildman–Crippen MR) is 126 cm³/mol. The van der Waals surface area contributed by atoms with Crippen LogP contribution in [-0.2, 0) is 9.59 Å².